The van der Waals surface area contributed by atoms with Crippen LogP contribution in [0.25, 0.3) is 0 Å². The Morgan fingerprint density at radius 3 is 1.62 bits per heavy atom. The first kappa shape index (κ1) is 23.8. The van der Waals surface area contributed by atoms with Gasteiger partial charge < -0.3 is 15.9 Å². The van der Waals surface area contributed by atoms with Crippen molar-refractivity contribution in [2.24, 2.45) is 5.73 Å². The predicted molar refractivity (Wildman–Crippen MR) is 100 cm³/mol. The van der Waals surface area contributed by atoms with E-state index in [0.717, 1.165) is 19.3 Å². The lowest BCUT2D eigenvalue weighted by atomic mass is 10.0. The number of rotatable bonds is 16. The second kappa shape index (κ2) is 12.3. The molecule has 1 rings (SSSR count). The van der Waals surface area contributed by atoms with Gasteiger partial charge in [-0.15, -0.1) is 0 Å². The molecule has 1 aliphatic heterocycles. The largest absolute Gasteiger partial charge is 0.409 e. The molecule has 1 aliphatic rings. The van der Waals surface area contributed by atoms with Crippen molar-refractivity contribution in [2.45, 2.75) is 115 Å². The van der Waals surface area contributed by atoms with E-state index in [2.05, 4.69) is 15.3 Å². The lowest BCUT2D eigenvalue weighted by molar-refractivity contribution is -0.345. The monoisotopic (exact) mass is 395 g/mol. The lowest BCUT2D eigenvalue weighted by Gasteiger charge is -2.39. The van der Waals surface area contributed by atoms with Gasteiger partial charge in [0.2, 0.25) is 0 Å². The van der Waals surface area contributed by atoms with E-state index in [1.165, 1.54) is 64.2 Å². The first-order valence-electron chi connectivity index (χ1n) is 10.1. The fourth-order valence-electron chi connectivity index (χ4n) is 3.20. The van der Waals surface area contributed by atoms with Gasteiger partial charge in [-0.3, -0.25) is 0 Å². The van der Waals surface area contributed by atoms with E-state index in [0.29, 0.717) is 6.42 Å². The smallest absolute Gasteiger partial charge is 0.391 e. The number of nitrogens with two attached hydrogens (primary N) is 1. The third-order valence-corrected chi connectivity index (χ3v) is 5.77. The van der Waals surface area contributed by atoms with Crippen LogP contribution >= 0.6 is 0 Å². The number of aliphatic hydroxyl groups excluding tert-OH is 1. The van der Waals surface area contributed by atoms with Gasteiger partial charge in [-0.05, 0) is 6.42 Å². The van der Waals surface area contributed by atoms with Crippen LogP contribution < -0.4 is 5.73 Å². The Morgan fingerprint density at radius 2 is 1.23 bits per heavy atom. The first-order valence-corrected chi connectivity index (χ1v) is 11.5. The number of hydrogen-bond donors (Lipinski definition) is 3. The summed E-state index contributed by atoms with van der Waals surface area (Å²) in [5.41, 5.74) is 5.61. The van der Waals surface area contributed by atoms with Crippen LogP contribution in [0.5, 0.6) is 0 Å². The molecule has 0 aliphatic carbocycles. The van der Waals surface area contributed by atoms with Crippen molar-refractivity contribution < 1.29 is 27.0 Å². The molecule has 156 valence electrons. The molecule has 4 N–H and O–H groups in total. The second-order valence-corrected chi connectivity index (χ2v) is 8.48. The quantitative estimate of drug-likeness (QED) is 0.344. The topological polar surface area (TPSA) is 119 Å². The van der Waals surface area contributed by atoms with Crippen LogP contribution in [0.4, 0.5) is 0 Å². The van der Waals surface area contributed by atoms with Gasteiger partial charge in [-0.1, -0.05) is 90.4 Å². The Kier molecular flexibility index (Phi) is 11.2. The molecule has 0 unspecified atom stereocenters. The van der Waals surface area contributed by atoms with E-state index in [1.54, 1.807) is 0 Å². The highest BCUT2D eigenvalue weighted by atomic mass is 32.3. The molecular formula is C18H37NO6S. The van der Waals surface area contributed by atoms with E-state index in [-0.39, 0.29) is 0 Å². The molecule has 7 nitrogen and oxygen atoms in total. The van der Waals surface area contributed by atoms with Crippen molar-refractivity contribution in [1.29, 1.82) is 0 Å². The zero-order chi connectivity index (χ0) is 19.5. The average Bonchev–Trinajstić information content (AvgIpc) is 2.56. The van der Waals surface area contributed by atoms with Gasteiger partial charge in [0.25, 0.3) is 0 Å². The molecule has 0 spiro atoms. The van der Waals surface area contributed by atoms with Crippen molar-refractivity contribution in [3.05, 3.63) is 0 Å². The summed E-state index contributed by atoms with van der Waals surface area (Å²) in [5, 5.41) is 19.6. The van der Waals surface area contributed by atoms with Gasteiger partial charge in [0.15, 0.2) is 0 Å². The molecule has 0 amide bonds. The molecule has 0 aromatic carbocycles. The molecule has 2 atom stereocenters. The highest BCUT2D eigenvalue weighted by Gasteiger charge is 2.57. The van der Waals surface area contributed by atoms with Gasteiger partial charge in [-0.2, -0.15) is 16.8 Å². The highest BCUT2D eigenvalue weighted by Crippen LogP contribution is 2.32. The molecule has 0 saturated carbocycles. The zero-order valence-electron chi connectivity index (χ0n) is 16.1. The standard InChI is InChI=1S/C18H37NO6S/c1-2-3-4-5-6-7-8-9-10-11-12-13-14-15-16(20)17(19)18(21)24-26(22,23)25-18/h16-17,20-21H,2-15,19H2,1H3/t16-,17+/m1/s1. The Hall–Kier alpha value is -0.250. The SMILES string of the molecule is CCCCCCCCCCCCCCC[C@@H](O)[C@H](N)C1(O)OS(=O)(=O)O1. The third-order valence-electron chi connectivity index (χ3n) is 4.88. The third kappa shape index (κ3) is 9.10. The van der Waals surface area contributed by atoms with Crippen LogP contribution in [0.2, 0.25) is 0 Å². The predicted octanol–water partition coefficient (Wildman–Crippen LogP) is 3.09. The molecule has 0 aromatic heterocycles. The Morgan fingerprint density at radius 1 is 0.846 bits per heavy atom. The van der Waals surface area contributed by atoms with Crippen molar-refractivity contribution in [3.8, 4) is 0 Å². The van der Waals surface area contributed by atoms with Gasteiger partial charge in [0.1, 0.15) is 6.04 Å². The van der Waals surface area contributed by atoms with Gasteiger partial charge in [-0.25, -0.2) is 0 Å². The number of unbranched alkanes of at least 4 members (excludes halogenated alkanes) is 12. The Labute approximate surface area is 158 Å². The molecule has 0 aromatic rings. The summed E-state index contributed by atoms with van der Waals surface area (Å²) in [6.45, 7) is 2.24. The zero-order valence-corrected chi connectivity index (χ0v) is 16.9. The van der Waals surface area contributed by atoms with Crippen molar-refractivity contribution in [1.82, 2.24) is 0 Å². The molecular weight excluding hydrogens is 358 g/mol. The number of hydrogen-bond acceptors (Lipinski definition) is 7. The lowest BCUT2D eigenvalue weighted by Crippen LogP contribution is -2.65. The molecule has 1 heterocycles. The second-order valence-electron chi connectivity index (χ2n) is 7.33. The Balaban J connectivity index is 1.91. The number of aliphatic hydroxyl groups is 2. The normalized spacial score (nSPS) is 20.5. The van der Waals surface area contributed by atoms with E-state index in [4.69, 9.17) is 5.73 Å². The van der Waals surface area contributed by atoms with Gasteiger partial charge in [0, 0.05) is 0 Å². The molecule has 8 heteroatoms. The summed E-state index contributed by atoms with van der Waals surface area (Å²) >= 11 is 0. The van der Waals surface area contributed by atoms with Crippen molar-refractivity contribution in [3.63, 3.8) is 0 Å². The molecule has 0 radical (unpaired) electrons. The fourth-order valence-corrected chi connectivity index (χ4v) is 4.02. The molecule has 0 bridgehead atoms. The van der Waals surface area contributed by atoms with Crippen LogP contribution in [-0.4, -0.2) is 36.7 Å². The summed E-state index contributed by atoms with van der Waals surface area (Å²) in [6, 6.07) is -1.32. The summed E-state index contributed by atoms with van der Waals surface area (Å²) < 4.78 is 30.0. The van der Waals surface area contributed by atoms with Gasteiger partial charge >= 0.3 is 16.4 Å². The van der Waals surface area contributed by atoms with E-state index in [9.17, 15) is 18.6 Å². The van der Waals surface area contributed by atoms with Crippen molar-refractivity contribution in [2.75, 3.05) is 0 Å². The highest BCUT2D eigenvalue weighted by molar-refractivity contribution is 7.82. The minimum Gasteiger partial charge on any atom is -0.391 e. The molecule has 1 saturated heterocycles. The van der Waals surface area contributed by atoms with E-state index < -0.39 is 28.5 Å². The van der Waals surface area contributed by atoms with Crippen LogP contribution in [0.1, 0.15) is 96.8 Å². The summed E-state index contributed by atoms with van der Waals surface area (Å²) in [7, 11) is -4.16. The summed E-state index contributed by atoms with van der Waals surface area (Å²) in [5.74, 6) is -2.44. The average molecular weight is 396 g/mol. The first-order chi connectivity index (χ1) is 12.3. The summed E-state index contributed by atoms with van der Waals surface area (Å²) in [4.78, 5) is 0. The summed E-state index contributed by atoms with van der Waals surface area (Å²) in [6.07, 6.45) is 15.3. The molecule has 1 fully saturated rings. The van der Waals surface area contributed by atoms with Crippen LogP contribution in [0, 0.1) is 0 Å². The van der Waals surface area contributed by atoms with Gasteiger partial charge in [0.05, 0.1) is 6.10 Å². The van der Waals surface area contributed by atoms with Crippen molar-refractivity contribution >= 4 is 10.4 Å². The van der Waals surface area contributed by atoms with E-state index in [1.807, 2.05) is 0 Å². The fraction of sp³-hybridized carbons (Fsp3) is 1.00. The minimum absolute atomic E-state index is 0.369. The molecule has 26 heavy (non-hydrogen) atoms. The minimum atomic E-state index is -4.16. The van der Waals surface area contributed by atoms with Crippen LogP contribution in [0.15, 0.2) is 0 Å². The maximum atomic E-state index is 10.8. The maximum absolute atomic E-state index is 10.8. The maximum Gasteiger partial charge on any atom is 0.409 e. The Bertz CT molecular complexity index is 458. The van der Waals surface area contributed by atoms with Crippen LogP contribution in [-0.2, 0) is 18.8 Å². The van der Waals surface area contributed by atoms with E-state index >= 15 is 0 Å². The van der Waals surface area contributed by atoms with Crippen LogP contribution in [0.3, 0.4) is 0 Å².